The molecule has 2 amide bonds. The van der Waals surface area contributed by atoms with E-state index in [1.807, 2.05) is 0 Å². The fourth-order valence-electron chi connectivity index (χ4n) is 4.34. The zero-order valence-electron chi connectivity index (χ0n) is 18.5. The van der Waals surface area contributed by atoms with Gasteiger partial charge in [0.05, 0.1) is 17.1 Å². The number of carbonyl (C=O) groups is 2. The molecule has 33 heavy (non-hydrogen) atoms. The fourth-order valence-corrected chi connectivity index (χ4v) is 5.89. The van der Waals surface area contributed by atoms with E-state index in [-0.39, 0.29) is 22.6 Å². The molecule has 0 aliphatic carbocycles. The van der Waals surface area contributed by atoms with E-state index >= 15 is 0 Å². The summed E-state index contributed by atoms with van der Waals surface area (Å²) in [4.78, 5) is 41.5. The molecule has 1 aromatic carbocycles. The van der Waals surface area contributed by atoms with E-state index in [9.17, 15) is 22.8 Å². The minimum absolute atomic E-state index is 0.0979. The van der Waals surface area contributed by atoms with Crippen molar-refractivity contribution >= 4 is 32.9 Å². The Bertz CT molecular complexity index is 1210. The average molecular weight is 477 g/mol. The molecule has 11 heteroatoms. The number of hydrogen-bond acceptors (Lipinski definition) is 6. The first-order valence-corrected chi connectivity index (χ1v) is 12.6. The molecule has 2 aromatic rings. The maximum Gasteiger partial charge on any atom is 0.409 e. The molecule has 0 spiro atoms. The molecule has 0 atom stereocenters. The number of piperidine rings is 1. The summed E-state index contributed by atoms with van der Waals surface area (Å²) in [6.45, 7) is 3.92. The van der Waals surface area contributed by atoms with Crippen molar-refractivity contribution in [3.8, 4) is 0 Å². The van der Waals surface area contributed by atoms with Crippen LogP contribution >= 0.6 is 0 Å². The summed E-state index contributed by atoms with van der Waals surface area (Å²) in [6, 6.07) is 5.45. The third-order valence-electron chi connectivity index (χ3n) is 6.12. The number of sulfonamides is 1. The second-order valence-corrected chi connectivity index (χ2v) is 10.2. The van der Waals surface area contributed by atoms with Crippen LogP contribution in [0.5, 0.6) is 0 Å². The third kappa shape index (κ3) is 4.88. The van der Waals surface area contributed by atoms with Crippen LogP contribution in [0.4, 0.5) is 4.79 Å². The number of aromatic amines is 1. The van der Waals surface area contributed by atoms with Gasteiger partial charge in [0, 0.05) is 49.2 Å². The fraction of sp³-hybridized carbons (Fsp3) is 0.500. The Labute approximate surface area is 191 Å². The highest BCUT2D eigenvalue weighted by molar-refractivity contribution is 7.89. The summed E-state index contributed by atoms with van der Waals surface area (Å²) in [5.74, 6) is -0.448. The van der Waals surface area contributed by atoms with E-state index in [1.165, 1.54) is 28.6 Å². The highest BCUT2D eigenvalue weighted by Crippen LogP contribution is 2.25. The van der Waals surface area contributed by atoms with Crippen LogP contribution in [0, 0.1) is 0 Å². The summed E-state index contributed by atoms with van der Waals surface area (Å²) in [7, 11) is -3.67. The number of nitrogens with one attached hydrogen (secondary N) is 2. The zero-order chi connectivity index (χ0) is 23.6. The van der Waals surface area contributed by atoms with Gasteiger partial charge in [-0.1, -0.05) is 0 Å². The molecule has 4 rings (SSSR count). The van der Waals surface area contributed by atoms with E-state index in [1.54, 1.807) is 11.8 Å². The Morgan fingerprint density at radius 3 is 2.48 bits per heavy atom. The number of pyridine rings is 1. The normalized spacial score (nSPS) is 17.9. The van der Waals surface area contributed by atoms with E-state index < -0.39 is 21.5 Å². The Hall–Kier alpha value is -2.92. The van der Waals surface area contributed by atoms with Crippen molar-refractivity contribution in [3.63, 3.8) is 0 Å². The molecule has 1 aromatic heterocycles. The van der Waals surface area contributed by atoms with Crippen molar-refractivity contribution in [2.45, 2.75) is 43.5 Å². The molecular weight excluding hydrogens is 448 g/mol. The predicted molar refractivity (Wildman–Crippen MR) is 122 cm³/mol. The van der Waals surface area contributed by atoms with Crippen molar-refractivity contribution in [1.82, 2.24) is 19.5 Å². The lowest BCUT2D eigenvalue weighted by molar-refractivity contribution is 0.0861. The van der Waals surface area contributed by atoms with Crippen molar-refractivity contribution < 1.29 is 22.7 Å². The van der Waals surface area contributed by atoms with Gasteiger partial charge in [-0.2, -0.15) is 4.31 Å². The van der Waals surface area contributed by atoms with Gasteiger partial charge in [0.1, 0.15) is 0 Å². The largest absolute Gasteiger partial charge is 0.450 e. The third-order valence-corrected chi connectivity index (χ3v) is 8.01. The minimum atomic E-state index is -3.67. The first-order chi connectivity index (χ1) is 15.8. The molecule has 2 fully saturated rings. The molecule has 178 valence electrons. The van der Waals surface area contributed by atoms with Gasteiger partial charge in [-0.05, 0) is 50.8 Å². The van der Waals surface area contributed by atoms with E-state index in [4.69, 9.17) is 4.74 Å². The van der Waals surface area contributed by atoms with E-state index in [0.29, 0.717) is 56.5 Å². The number of nitrogens with zero attached hydrogens (tertiary/aromatic N) is 2. The van der Waals surface area contributed by atoms with Crippen LogP contribution in [0.2, 0.25) is 0 Å². The number of rotatable bonds is 5. The lowest BCUT2D eigenvalue weighted by atomic mass is 10.0. The SMILES string of the molecule is CCOC(=O)N1CCC(NC(=O)c2cc(=O)[nH]c3ccc(S(=O)(=O)N4CCCC4)cc23)CC1. The second-order valence-electron chi connectivity index (χ2n) is 8.30. The smallest absolute Gasteiger partial charge is 0.409 e. The summed E-state index contributed by atoms with van der Waals surface area (Å²) in [5.41, 5.74) is 0.0742. The Kier molecular flexibility index (Phi) is 6.71. The molecule has 2 aliphatic rings. The topological polar surface area (TPSA) is 129 Å². The standard InChI is InChI=1S/C22H28N4O6S/c1-2-32-22(29)25-11-7-15(8-12-25)23-21(28)18-14-20(27)24-19-6-5-16(13-17(18)19)33(30,31)26-9-3-4-10-26/h5-6,13-15H,2-4,7-12H2,1H3,(H,23,28)(H,24,27). The number of ether oxygens (including phenoxy) is 1. The predicted octanol–water partition coefficient (Wildman–Crippen LogP) is 1.66. The van der Waals surface area contributed by atoms with E-state index in [0.717, 1.165) is 12.8 Å². The average Bonchev–Trinajstić information content (AvgIpc) is 3.35. The lowest BCUT2D eigenvalue weighted by Gasteiger charge is -2.31. The monoisotopic (exact) mass is 476 g/mol. The molecule has 3 heterocycles. The number of H-pyrrole nitrogens is 1. The highest BCUT2D eigenvalue weighted by Gasteiger charge is 2.29. The number of hydrogen-bond donors (Lipinski definition) is 2. The molecular formula is C22H28N4O6S. The molecule has 0 saturated carbocycles. The maximum atomic E-state index is 13.1. The van der Waals surface area contributed by atoms with Gasteiger partial charge in [-0.25, -0.2) is 13.2 Å². The van der Waals surface area contributed by atoms with Crippen LogP contribution in [0.1, 0.15) is 43.0 Å². The number of carbonyl (C=O) groups excluding carboxylic acids is 2. The van der Waals surface area contributed by atoms with Crippen LogP contribution in [0.3, 0.4) is 0 Å². The van der Waals surface area contributed by atoms with E-state index in [2.05, 4.69) is 10.3 Å². The van der Waals surface area contributed by atoms with Gasteiger partial charge in [0.15, 0.2) is 0 Å². The summed E-state index contributed by atoms with van der Waals surface area (Å²) in [6.07, 6.45) is 2.39. The molecule has 2 N–H and O–H groups in total. The molecule has 2 aliphatic heterocycles. The second kappa shape index (κ2) is 9.52. The number of fused-ring (bicyclic) bond motifs is 1. The van der Waals surface area contributed by atoms with Gasteiger partial charge in [0.2, 0.25) is 15.6 Å². The minimum Gasteiger partial charge on any atom is -0.450 e. The van der Waals surface area contributed by atoms with Gasteiger partial charge < -0.3 is 19.9 Å². The number of benzene rings is 1. The van der Waals surface area contributed by atoms with Crippen molar-refractivity contribution in [2.24, 2.45) is 0 Å². The highest BCUT2D eigenvalue weighted by atomic mass is 32.2. The van der Waals surface area contributed by atoms with Crippen LogP contribution in [-0.2, 0) is 14.8 Å². The molecule has 0 unspecified atom stereocenters. The van der Waals surface area contributed by atoms with Gasteiger partial charge in [-0.15, -0.1) is 0 Å². The van der Waals surface area contributed by atoms with Crippen LogP contribution in [0.25, 0.3) is 10.9 Å². The molecule has 0 radical (unpaired) electrons. The van der Waals surface area contributed by atoms with Gasteiger partial charge in [0.25, 0.3) is 5.91 Å². The first-order valence-electron chi connectivity index (χ1n) is 11.2. The molecule has 0 bridgehead atoms. The van der Waals surface area contributed by atoms with Crippen LogP contribution < -0.4 is 10.9 Å². The summed E-state index contributed by atoms with van der Waals surface area (Å²) >= 11 is 0. The number of amides is 2. The molecule has 2 saturated heterocycles. The Morgan fingerprint density at radius 1 is 1.12 bits per heavy atom. The summed E-state index contributed by atoms with van der Waals surface area (Å²) < 4.78 is 32.4. The quantitative estimate of drug-likeness (QED) is 0.675. The van der Waals surface area contributed by atoms with Crippen molar-refractivity contribution in [2.75, 3.05) is 32.8 Å². The van der Waals surface area contributed by atoms with Gasteiger partial charge >= 0.3 is 6.09 Å². The Balaban J connectivity index is 1.56. The number of likely N-dealkylation sites (tertiary alicyclic amines) is 1. The lowest BCUT2D eigenvalue weighted by Crippen LogP contribution is -2.46. The van der Waals surface area contributed by atoms with Gasteiger partial charge in [-0.3, -0.25) is 9.59 Å². The Morgan fingerprint density at radius 2 is 1.82 bits per heavy atom. The van der Waals surface area contributed by atoms with Crippen molar-refractivity contribution in [3.05, 3.63) is 40.2 Å². The maximum absolute atomic E-state index is 13.1. The summed E-state index contributed by atoms with van der Waals surface area (Å²) in [5, 5.41) is 3.30. The van der Waals surface area contributed by atoms with Crippen LogP contribution in [-0.4, -0.2) is 73.4 Å². The molecule has 10 nitrogen and oxygen atoms in total. The van der Waals surface area contributed by atoms with Crippen LogP contribution in [0.15, 0.2) is 34.0 Å². The first kappa shape index (κ1) is 23.2. The number of aromatic nitrogens is 1. The van der Waals surface area contributed by atoms with Crippen molar-refractivity contribution in [1.29, 1.82) is 0 Å². The zero-order valence-corrected chi connectivity index (χ0v) is 19.3.